The summed E-state index contributed by atoms with van der Waals surface area (Å²) < 4.78 is 0. The zero-order valence-corrected chi connectivity index (χ0v) is 13.2. The number of aliphatic carboxylic acids is 1. The molecule has 0 spiro atoms. The van der Waals surface area contributed by atoms with Crippen LogP contribution in [0.5, 0.6) is 0 Å². The molecule has 1 rings (SSSR count). The van der Waals surface area contributed by atoms with Crippen LogP contribution in [0.2, 0.25) is 0 Å². The number of hydrogen-bond acceptors (Lipinski definition) is 3. The van der Waals surface area contributed by atoms with Gasteiger partial charge in [0.15, 0.2) is 0 Å². The number of hydrogen-bond donors (Lipinski definition) is 3. The second kappa shape index (κ2) is 9.28. The van der Waals surface area contributed by atoms with Crippen molar-refractivity contribution in [1.29, 1.82) is 0 Å². The molecule has 2 atom stereocenters. The van der Waals surface area contributed by atoms with Crippen LogP contribution in [0.4, 0.5) is 4.79 Å². The summed E-state index contributed by atoms with van der Waals surface area (Å²) in [5.41, 5.74) is 1.13. The highest BCUT2D eigenvalue weighted by atomic mass is 32.2. The number of carbonyl (C=O) groups is 2. The molecule has 0 bridgehead atoms. The third-order valence-corrected chi connectivity index (χ3v) is 3.62. The van der Waals surface area contributed by atoms with Crippen molar-refractivity contribution in [2.24, 2.45) is 0 Å². The third-order valence-electron chi connectivity index (χ3n) is 2.98. The van der Waals surface area contributed by atoms with Gasteiger partial charge in [0.05, 0.1) is 0 Å². The van der Waals surface area contributed by atoms with Gasteiger partial charge in [-0.2, -0.15) is 11.8 Å². The molecule has 0 aliphatic rings. The molecular formula is C15H22N2O3S. The predicted molar refractivity (Wildman–Crippen MR) is 85.7 cm³/mol. The summed E-state index contributed by atoms with van der Waals surface area (Å²) in [6.07, 6.45) is 3.02. The van der Waals surface area contributed by atoms with Crippen LogP contribution in [0.1, 0.15) is 18.9 Å². The number of amides is 2. The van der Waals surface area contributed by atoms with Gasteiger partial charge in [-0.05, 0) is 37.3 Å². The number of carboxylic acid groups (broad SMARTS) is 1. The van der Waals surface area contributed by atoms with Gasteiger partial charge in [-0.3, -0.25) is 0 Å². The predicted octanol–water partition coefficient (Wildman–Crippen LogP) is 2.12. The first-order chi connectivity index (χ1) is 10.0. The van der Waals surface area contributed by atoms with Crippen LogP contribution >= 0.6 is 11.8 Å². The SMILES string of the molecule is CSCC[C@@H](NC(=O)NC(C)Cc1ccccc1)C(=O)O. The molecule has 0 radical (unpaired) electrons. The molecule has 0 aliphatic carbocycles. The van der Waals surface area contributed by atoms with Crippen molar-refractivity contribution in [3.8, 4) is 0 Å². The number of thioether (sulfide) groups is 1. The molecule has 1 unspecified atom stereocenters. The molecule has 21 heavy (non-hydrogen) atoms. The van der Waals surface area contributed by atoms with Gasteiger partial charge in [0, 0.05) is 6.04 Å². The molecule has 6 heteroatoms. The monoisotopic (exact) mass is 310 g/mol. The summed E-state index contributed by atoms with van der Waals surface area (Å²) in [5, 5.41) is 14.3. The Morgan fingerprint density at radius 3 is 2.48 bits per heavy atom. The summed E-state index contributed by atoms with van der Waals surface area (Å²) in [6.45, 7) is 1.89. The lowest BCUT2D eigenvalue weighted by molar-refractivity contribution is -0.139. The molecule has 2 amide bonds. The van der Waals surface area contributed by atoms with Gasteiger partial charge >= 0.3 is 12.0 Å². The topological polar surface area (TPSA) is 78.4 Å². The standard InChI is InChI=1S/C15H22N2O3S/c1-11(10-12-6-4-3-5-7-12)16-15(20)17-13(14(18)19)8-9-21-2/h3-7,11,13H,8-10H2,1-2H3,(H,18,19)(H2,16,17,20)/t11?,13-/m1/s1. The fourth-order valence-electron chi connectivity index (χ4n) is 1.94. The van der Waals surface area contributed by atoms with Crippen molar-refractivity contribution in [2.75, 3.05) is 12.0 Å². The van der Waals surface area contributed by atoms with Gasteiger partial charge in [-0.25, -0.2) is 9.59 Å². The molecule has 0 aliphatic heterocycles. The van der Waals surface area contributed by atoms with Crippen molar-refractivity contribution in [3.05, 3.63) is 35.9 Å². The molecule has 3 N–H and O–H groups in total. The molecular weight excluding hydrogens is 288 g/mol. The number of benzene rings is 1. The van der Waals surface area contributed by atoms with E-state index in [2.05, 4.69) is 10.6 Å². The van der Waals surface area contributed by atoms with Gasteiger partial charge in [0.1, 0.15) is 6.04 Å². The summed E-state index contributed by atoms with van der Waals surface area (Å²) in [6, 6.07) is 8.48. The van der Waals surface area contributed by atoms with E-state index in [9.17, 15) is 9.59 Å². The second-order valence-corrected chi connectivity index (χ2v) is 5.87. The quantitative estimate of drug-likeness (QED) is 0.687. The lowest BCUT2D eigenvalue weighted by Crippen LogP contribution is -2.49. The summed E-state index contributed by atoms with van der Waals surface area (Å²) >= 11 is 1.56. The minimum absolute atomic E-state index is 0.0672. The van der Waals surface area contributed by atoms with E-state index in [1.165, 1.54) is 0 Å². The fourth-order valence-corrected chi connectivity index (χ4v) is 2.41. The molecule has 0 saturated heterocycles. The van der Waals surface area contributed by atoms with E-state index < -0.39 is 18.0 Å². The van der Waals surface area contributed by atoms with Gasteiger partial charge < -0.3 is 15.7 Å². The second-order valence-electron chi connectivity index (χ2n) is 4.88. The van der Waals surface area contributed by atoms with Crippen LogP contribution in [0.3, 0.4) is 0 Å². The zero-order chi connectivity index (χ0) is 15.7. The maximum atomic E-state index is 11.8. The van der Waals surface area contributed by atoms with Crippen LogP contribution in [0.25, 0.3) is 0 Å². The average Bonchev–Trinajstić information content (AvgIpc) is 2.44. The van der Waals surface area contributed by atoms with E-state index in [-0.39, 0.29) is 6.04 Å². The Morgan fingerprint density at radius 1 is 1.24 bits per heavy atom. The largest absolute Gasteiger partial charge is 0.480 e. The maximum Gasteiger partial charge on any atom is 0.326 e. The highest BCUT2D eigenvalue weighted by molar-refractivity contribution is 7.98. The first kappa shape index (κ1) is 17.4. The molecule has 0 fully saturated rings. The molecule has 0 saturated carbocycles. The lowest BCUT2D eigenvalue weighted by atomic mass is 10.1. The Hall–Kier alpha value is -1.69. The number of carbonyl (C=O) groups excluding carboxylic acids is 1. The summed E-state index contributed by atoms with van der Waals surface area (Å²) in [5.74, 6) is -0.313. The summed E-state index contributed by atoms with van der Waals surface area (Å²) in [4.78, 5) is 22.9. The third kappa shape index (κ3) is 7.04. The minimum atomic E-state index is -1.00. The van der Waals surface area contributed by atoms with E-state index >= 15 is 0 Å². The van der Waals surface area contributed by atoms with Crippen LogP contribution < -0.4 is 10.6 Å². The van der Waals surface area contributed by atoms with Crippen molar-refractivity contribution in [2.45, 2.75) is 31.8 Å². The normalized spacial score (nSPS) is 13.2. The average molecular weight is 310 g/mol. The van der Waals surface area contributed by atoms with Crippen LogP contribution in [0.15, 0.2) is 30.3 Å². The van der Waals surface area contributed by atoms with E-state index in [0.29, 0.717) is 18.6 Å². The number of urea groups is 1. The van der Waals surface area contributed by atoms with Crippen LogP contribution in [-0.4, -0.2) is 41.2 Å². The van der Waals surface area contributed by atoms with Gasteiger partial charge in [-0.15, -0.1) is 0 Å². The summed E-state index contributed by atoms with van der Waals surface area (Å²) in [7, 11) is 0. The number of rotatable bonds is 8. The Labute approximate surface area is 129 Å². The van der Waals surface area contributed by atoms with E-state index in [1.807, 2.05) is 43.5 Å². The van der Waals surface area contributed by atoms with Crippen LogP contribution in [-0.2, 0) is 11.2 Å². The van der Waals surface area contributed by atoms with Crippen molar-refractivity contribution < 1.29 is 14.7 Å². The molecule has 0 heterocycles. The minimum Gasteiger partial charge on any atom is -0.480 e. The van der Waals surface area contributed by atoms with Crippen molar-refractivity contribution in [3.63, 3.8) is 0 Å². The van der Waals surface area contributed by atoms with E-state index in [1.54, 1.807) is 11.8 Å². The highest BCUT2D eigenvalue weighted by Crippen LogP contribution is 2.03. The zero-order valence-electron chi connectivity index (χ0n) is 12.3. The number of carboxylic acids is 1. The van der Waals surface area contributed by atoms with Gasteiger partial charge in [-0.1, -0.05) is 30.3 Å². The Bertz CT molecular complexity index is 453. The van der Waals surface area contributed by atoms with E-state index in [4.69, 9.17) is 5.11 Å². The fraction of sp³-hybridized carbons (Fsp3) is 0.467. The highest BCUT2D eigenvalue weighted by Gasteiger charge is 2.20. The Balaban J connectivity index is 2.42. The van der Waals surface area contributed by atoms with Crippen molar-refractivity contribution >= 4 is 23.8 Å². The molecule has 0 aromatic heterocycles. The molecule has 5 nitrogen and oxygen atoms in total. The van der Waals surface area contributed by atoms with Crippen molar-refractivity contribution in [1.82, 2.24) is 10.6 Å². The first-order valence-corrected chi connectivity index (χ1v) is 8.25. The van der Waals surface area contributed by atoms with Crippen LogP contribution in [0, 0.1) is 0 Å². The van der Waals surface area contributed by atoms with Gasteiger partial charge in [0.2, 0.25) is 0 Å². The molecule has 1 aromatic rings. The molecule has 116 valence electrons. The van der Waals surface area contributed by atoms with Gasteiger partial charge in [0.25, 0.3) is 0 Å². The number of nitrogens with one attached hydrogen (secondary N) is 2. The lowest BCUT2D eigenvalue weighted by Gasteiger charge is -2.18. The Morgan fingerprint density at radius 2 is 1.90 bits per heavy atom. The first-order valence-electron chi connectivity index (χ1n) is 6.85. The smallest absolute Gasteiger partial charge is 0.326 e. The molecule has 1 aromatic carbocycles. The Kier molecular flexibility index (Phi) is 7.68. The van der Waals surface area contributed by atoms with E-state index in [0.717, 1.165) is 5.56 Å². The maximum absolute atomic E-state index is 11.8.